The van der Waals surface area contributed by atoms with Crippen LogP contribution < -0.4 is 15.1 Å². The van der Waals surface area contributed by atoms with Crippen molar-refractivity contribution >= 4 is 17.3 Å². The van der Waals surface area contributed by atoms with Gasteiger partial charge in [-0.05, 0) is 30.2 Å². The fourth-order valence-electron chi connectivity index (χ4n) is 2.96. The van der Waals surface area contributed by atoms with Gasteiger partial charge in [0.2, 0.25) is 0 Å². The van der Waals surface area contributed by atoms with Crippen LogP contribution in [-0.2, 0) is 0 Å². The second-order valence-corrected chi connectivity index (χ2v) is 6.82. The van der Waals surface area contributed by atoms with Crippen molar-refractivity contribution in [3.05, 3.63) is 54.4 Å². The first kappa shape index (κ1) is 17.3. The highest BCUT2D eigenvalue weighted by Crippen LogP contribution is 2.19. The summed E-state index contributed by atoms with van der Waals surface area (Å²) in [5, 5.41) is 2.90. The molecule has 2 aromatic rings. The number of piperazine rings is 1. The number of carbonyl (C=O) groups is 1. The average Bonchev–Trinajstić information content (AvgIpc) is 2.67. The van der Waals surface area contributed by atoms with E-state index in [1.54, 1.807) is 0 Å². The largest absolute Gasteiger partial charge is 0.368 e. The van der Waals surface area contributed by atoms with Crippen molar-refractivity contribution in [2.45, 2.75) is 13.8 Å². The third-order valence-electron chi connectivity index (χ3n) is 4.42. The van der Waals surface area contributed by atoms with Crippen LogP contribution in [0.5, 0.6) is 0 Å². The maximum atomic E-state index is 12.0. The van der Waals surface area contributed by atoms with Crippen LogP contribution in [0.2, 0.25) is 0 Å². The van der Waals surface area contributed by atoms with E-state index in [-0.39, 0.29) is 5.91 Å². The van der Waals surface area contributed by atoms with E-state index in [2.05, 4.69) is 58.2 Å². The molecule has 1 saturated heterocycles. The summed E-state index contributed by atoms with van der Waals surface area (Å²) in [6, 6.07) is 14.3. The molecule has 5 heteroatoms. The molecule has 1 aliphatic rings. The van der Waals surface area contributed by atoms with Crippen LogP contribution in [0.3, 0.4) is 0 Å². The van der Waals surface area contributed by atoms with Gasteiger partial charge in [0.15, 0.2) is 0 Å². The van der Waals surface area contributed by atoms with E-state index in [9.17, 15) is 4.79 Å². The number of anilines is 2. The Kier molecular flexibility index (Phi) is 5.53. The van der Waals surface area contributed by atoms with Gasteiger partial charge in [-0.1, -0.05) is 32.0 Å². The molecule has 132 valence electrons. The quantitative estimate of drug-likeness (QED) is 0.911. The number of benzene rings is 1. The smallest absolute Gasteiger partial charge is 0.269 e. The van der Waals surface area contributed by atoms with E-state index in [4.69, 9.17) is 0 Å². The summed E-state index contributed by atoms with van der Waals surface area (Å²) < 4.78 is 0. The predicted molar refractivity (Wildman–Crippen MR) is 102 cm³/mol. The van der Waals surface area contributed by atoms with Gasteiger partial charge in [0.05, 0.1) is 11.9 Å². The van der Waals surface area contributed by atoms with Crippen molar-refractivity contribution in [1.29, 1.82) is 0 Å². The second kappa shape index (κ2) is 8.01. The number of nitrogens with zero attached hydrogens (tertiary/aromatic N) is 3. The molecule has 0 spiro atoms. The first-order chi connectivity index (χ1) is 12.1. The molecule has 0 aliphatic carbocycles. The maximum Gasteiger partial charge on any atom is 0.269 e. The third-order valence-corrected chi connectivity index (χ3v) is 4.42. The summed E-state index contributed by atoms with van der Waals surface area (Å²) in [4.78, 5) is 21.1. The lowest BCUT2D eigenvalue weighted by atomic mass is 10.2. The molecular formula is C20H26N4O. The minimum atomic E-state index is -0.103. The third kappa shape index (κ3) is 4.50. The Morgan fingerprint density at radius 2 is 1.64 bits per heavy atom. The van der Waals surface area contributed by atoms with E-state index >= 15 is 0 Å². The summed E-state index contributed by atoms with van der Waals surface area (Å²) in [6.07, 6.45) is 1.81. The van der Waals surface area contributed by atoms with Gasteiger partial charge in [0.1, 0.15) is 5.69 Å². The molecule has 1 aromatic heterocycles. The van der Waals surface area contributed by atoms with Gasteiger partial charge in [0.25, 0.3) is 5.91 Å². The topological polar surface area (TPSA) is 48.5 Å². The van der Waals surface area contributed by atoms with Crippen molar-refractivity contribution in [3.63, 3.8) is 0 Å². The van der Waals surface area contributed by atoms with Crippen molar-refractivity contribution < 1.29 is 4.79 Å². The summed E-state index contributed by atoms with van der Waals surface area (Å²) in [5.41, 5.74) is 2.83. The molecule has 0 unspecified atom stereocenters. The highest BCUT2D eigenvalue weighted by molar-refractivity contribution is 5.92. The Morgan fingerprint density at radius 1 is 1.00 bits per heavy atom. The van der Waals surface area contributed by atoms with Crippen LogP contribution in [0.4, 0.5) is 11.4 Å². The van der Waals surface area contributed by atoms with E-state index in [0.29, 0.717) is 18.2 Å². The molecule has 0 saturated carbocycles. The molecule has 0 bridgehead atoms. The lowest BCUT2D eigenvalue weighted by Crippen LogP contribution is -2.46. The zero-order chi connectivity index (χ0) is 17.6. The first-order valence-corrected chi connectivity index (χ1v) is 8.92. The Bertz CT molecular complexity index is 677. The fourth-order valence-corrected chi connectivity index (χ4v) is 2.96. The SMILES string of the molecule is CC(C)CNC(=O)c1ccc(N2CCN(c3ccccc3)CC2)cn1. The van der Waals surface area contributed by atoms with E-state index in [1.165, 1.54) is 5.69 Å². The van der Waals surface area contributed by atoms with Crippen molar-refractivity contribution in [3.8, 4) is 0 Å². The molecule has 1 fully saturated rings. The number of aromatic nitrogens is 1. The average molecular weight is 338 g/mol. The van der Waals surface area contributed by atoms with Crippen LogP contribution >= 0.6 is 0 Å². The van der Waals surface area contributed by atoms with Gasteiger partial charge in [-0.25, -0.2) is 4.98 Å². The predicted octanol–water partition coefficient (Wildman–Crippen LogP) is 2.79. The molecule has 25 heavy (non-hydrogen) atoms. The summed E-state index contributed by atoms with van der Waals surface area (Å²) in [6.45, 7) is 8.70. The Labute approximate surface area is 149 Å². The normalized spacial score (nSPS) is 14.7. The second-order valence-electron chi connectivity index (χ2n) is 6.82. The molecule has 2 heterocycles. The standard InChI is InChI=1S/C20H26N4O/c1-16(2)14-22-20(25)19-9-8-18(15-21-19)24-12-10-23(11-13-24)17-6-4-3-5-7-17/h3-9,15-16H,10-14H2,1-2H3,(H,22,25). The zero-order valence-electron chi connectivity index (χ0n) is 15.0. The van der Waals surface area contributed by atoms with E-state index < -0.39 is 0 Å². The summed E-state index contributed by atoms with van der Waals surface area (Å²) in [5.74, 6) is 0.332. The van der Waals surface area contributed by atoms with Crippen LogP contribution in [0.25, 0.3) is 0 Å². The number of para-hydroxylation sites is 1. The maximum absolute atomic E-state index is 12.0. The van der Waals surface area contributed by atoms with E-state index in [0.717, 1.165) is 31.9 Å². The van der Waals surface area contributed by atoms with Gasteiger partial charge in [-0.2, -0.15) is 0 Å². The number of carbonyl (C=O) groups excluding carboxylic acids is 1. The monoisotopic (exact) mass is 338 g/mol. The zero-order valence-corrected chi connectivity index (χ0v) is 15.0. The van der Waals surface area contributed by atoms with Gasteiger partial charge in [-0.15, -0.1) is 0 Å². The lowest BCUT2D eigenvalue weighted by molar-refractivity contribution is 0.0944. The van der Waals surface area contributed by atoms with Crippen LogP contribution in [0.1, 0.15) is 24.3 Å². The van der Waals surface area contributed by atoms with Gasteiger partial charge < -0.3 is 15.1 Å². The number of hydrogen-bond donors (Lipinski definition) is 1. The fraction of sp³-hybridized carbons (Fsp3) is 0.400. The minimum absolute atomic E-state index is 0.103. The summed E-state index contributed by atoms with van der Waals surface area (Å²) >= 11 is 0. The lowest BCUT2D eigenvalue weighted by Gasteiger charge is -2.37. The number of nitrogens with one attached hydrogen (secondary N) is 1. The number of pyridine rings is 1. The molecule has 0 atom stereocenters. The Balaban J connectivity index is 1.56. The highest BCUT2D eigenvalue weighted by atomic mass is 16.1. The molecule has 5 nitrogen and oxygen atoms in total. The Hall–Kier alpha value is -2.56. The number of hydrogen-bond acceptors (Lipinski definition) is 4. The first-order valence-electron chi connectivity index (χ1n) is 8.92. The molecule has 1 aliphatic heterocycles. The highest BCUT2D eigenvalue weighted by Gasteiger charge is 2.18. The summed E-state index contributed by atoms with van der Waals surface area (Å²) in [7, 11) is 0. The van der Waals surface area contributed by atoms with Crippen LogP contribution in [-0.4, -0.2) is 43.6 Å². The van der Waals surface area contributed by atoms with Crippen molar-refractivity contribution in [1.82, 2.24) is 10.3 Å². The van der Waals surface area contributed by atoms with Crippen molar-refractivity contribution in [2.24, 2.45) is 5.92 Å². The number of rotatable bonds is 5. The molecular weight excluding hydrogens is 312 g/mol. The van der Waals surface area contributed by atoms with Crippen LogP contribution in [0, 0.1) is 5.92 Å². The molecule has 1 aromatic carbocycles. The van der Waals surface area contributed by atoms with Crippen molar-refractivity contribution in [2.75, 3.05) is 42.5 Å². The van der Waals surface area contributed by atoms with Crippen LogP contribution in [0.15, 0.2) is 48.7 Å². The van der Waals surface area contributed by atoms with Gasteiger partial charge >= 0.3 is 0 Å². The molecule has 1 N–H and O–H groups in total. The van der Waals surface area contributed by atoms with Gasteiger partial charge in [0, 0.05) is 38.4 Å². The molecule has 3 rings (SSSR count). The number of amides is 1. The van der Waals surface area contributed by atoms with E-state index in [1.807, 2.05) is 24.4 Å². The Morgan fingerprint density at radius 3 is 2.20 bits per heavy atom. The molecule has 0 radical (unpaired) electrons. The van der Waals surface area contributed by atoms with Gasteiger partial charge in [-0.3, -0.25) is 4.79 Å². The molecule has 1 amide bonds. The minimum Gasteiger partial charge on any atom is -0.368 e.